The first kappa shape index (κ1) is 9.33. The molecule has 0 atom stereocenters. The van der Waals surface area contributed by atoms with Crippen molar-refractivity contribution in [3.8, 4) is 0 Å². The number of methoxy groups -OCH3 is 1. The third-order valence-corrected chi connectivity index (χ3v) is 2.23. The maximum absolute atomic E-state index is 4.83. The lowest BCUT2D eigenvalue weighted by Gasteiger charge is -1.99. The zero-order chi connectivity index (χ0) is 8.97. The molecule has 0 fully saturated rings. The van der Waals surface area contributed by atoms with Gasteiger partial charge in [-0.2, -0.15) is 0 Å². The first-order chi connectivity index (χ1) is 5.74. The van der Waals surface area contributed by atoms with Crippen LogP contribution in [0.1, 0.15) is 11.1 Å². The van der Waals surface area contributed by atoms with E-state index in [4.69, 9.17) is 4.74 Å². The van der Waals surface area contributed by atoms with Crippen LogP contribution in [0.2, 0.25) is 0 Å². The Morgan fingerprint density at radius 1 is 1.42 bits per heavy atom. The summed E-state index contributed by atoms with van der Waals surface area (Å²) in [6.07, 6.45) is 3.58. The molecule has 0 saturated heterocycles. The minimum Gasteiger partial charge on any atom is -0.504 e. The Labute approximate surface area is 81.2 Å². The van der Waals surface area contributed by atoms with Gasteiger partial charge in [0.25, 0.3) is 0 Å². The molecule has 0 aliphatic carbocycles. The first-order valence-corrected chi connectivity index (χ1v) is 4.49. The first-order valence-electron chi connectivity index (χ1n) is 3.69. The monoisotopic (exact) mass is 226 g/mol. The van der Waals surface area contributed by atoms with Crippen molar-refractivity contribution in [2.75, 3.05) is 7.11 Å². The molecule has 0 aromatic heterocycles. The molecule has 1 aromatic carbocycles. The van der Waals surface area contributed by atoms with Gasteiger partial charge in [0.2, 0.25) is 0 Å². The number of halogens is 1. The third-order valence-electron chi connectivity index (χ3n) is 1.54. The summed E-state index contributed by atoms with van der Waals surface area (Å²) in [6.45, 7) is 2.06. The molecule has 1 rings (SSSR count). The normalized spacial score (nSPS) is 10.6. The van der Waals surface area contributed by atoms with Crippen molar-refractivity contribution in [3.05, 3.63) is 40.1 Å². The Bertz CT molecular complexity index is 292. The highest BCUT2D eigenvalue weighted by molar-refractivity contribution is 9.10. The van der Waals surface area contributed by atoms with Crippen LogP contribution >= 0.6 is 15.9 Å². The molecule has 0 aliphatic rings. The van der Waals surface area contributed by atoms with Gasteiger partial charge >= 0.3 is 0 Å². The van der Waals surface area contributed by atoms with Crippen LogP contribution in [0.3, 0.4) is 0 Å². The largest absolute Gasteiger partial charge is 0.504 e. The second-order valence-corrected chi connectivity index (χ2v) is 3.42. The zero-order valence-corrected chi connectivity index (χ0v) is 8.76. The van der Waals surface area contributed by atoms with Crippen molar-refractivity contribution in [1.82, 2.24) is 0 Å². The average Bonchev–Trinajstić information content (AvgIpc) is 2.03. The molecule has 0 radical (unpaired) electrons. The molecule has 64 valence electrons. The highest BCUT2D eigenvalue weighted by Gasteiger charge is 1.94. The predicted octanol–water partition coefficient (Wildman–Crippen LogP) is 3.37. The van der Waals surface area contributed by atoms with Crippen molar-refractivity contribution < 1.29 is 4.74 Å². The van der Waals surface area contributed by atoms with Gasteiger partial charge in [0.15, 0.2) is 0 Å². The summed E-state index contributed by atoms with van der Waals surface area (Å²) in [5.41, 5.74) is 2.37. The summed E-state index contributed by atoms with van der Waals surface area (Å²) < 4.78 is 5.92. The van der Waals surface area contributed by atoms with Crippen molar-refractivity contribution >= 4 is 22.0 Å². The van der Waals surface area contributed by atoms with Crippen LogP contribution in [-0.2, 0) is 4.74 Å². The summed E-state index contributed by atoms with van der Waals surface area (Å²) in [7, 11) is 1.64. The van der Waals surface area contributed by atoms with Crippen LogP contribution in [0.25, 0.3) is 6.08 Å². The number of ether oxygens (including phenoxy) is 1. The molecule has 0 bridgehead atoms. The SMILES string of the molecule is CO/C=C/c1ccc(C)cc1Br. The van der Waals surface area contributed by atoms with Gasteiger partial charge in [-0.25, -0.2) is 0 Å². The Kier molecular flexibility index (Phi) is 3.35. The average molecular weight is 227 g/mol. The zero-order valence-electron chi connectivity index (χ0n) is 7.17. The second-order valence-electron chi connectivity index (χ2n) is 2.56. The number of aryl methyl sites for hydroxylation is 1. The maximum Gasteiger partial charge on any atom is 0.0830 e. The number of benzene rings is 1. The van der Waals surface area contributed by atoms with Gasteiger partial charge in [0.1, 0.15) is 0 Å². The van der Waals surface area contributed by atoms with Crippen molar-refractivity contribution in [3.63, 3.8) is 0 Å². The third kappa shape index (κ3) is 2.38. The molecule has 12 heavy (non-hydrogen) atoms. The Morgan fingerprint density at radius 3 is 2.75 bits per heavy atom. The molecule has 1 nitrogen and oxygen atoms in total. The maximum atomic E-state index is 4.83. The molecular formula is C10H11BrO. The van der Waals surface area contributed by atoms with Gasteiger partial charge in [0, 0.05) is 4.47 Å². The fourth-order valence-corrected chi connectivity index (χ4v) is 1.53. The predicted molar refractivity (Wildman–Crippen MR) is 54.9 cm³/mol. The summed E-state index contributed by atoms with van der Waals surface area (Å²) >= 11 is 3.47. The van der Waals surface area contributed by atoms with Gasteiger partial charge in [-0.05, 0) is 30.2 Å². The molecule has 1 aromatic rings. The van der Waals surface area contributed by atoms with E-state index in [1.165, 1.54) is 5.56 Å². The van der Waals surface area contributed by atoms with Crippen molar-refractivity contribution in [2.45, 2.75) is 6.92 Å². The minimum atomic E-state index is 1.09. The van der Waals surface area contributed by atoms with Crippen LogP contribution in [0.4, 0.5) is 0 Å². The fourth-order valence-electron chi connectivity index (χ4n) is 0.909. The van der Waals surface area contributed by atoms with Crippen LogP contribution < -0.4 is 0 Å². The van der Waals surface area contributed by atoms with E-state index in [1.54, 1.807) is 13.4 Å². The Hall–Kier alpha value is -0.760. The standard InChI is InChI=1S/C10H11BrO/c1-8-3-4-9(5-6-12-2)10(11)7-8/h3-7H,1-2H3/b6-5+. The molecule has 0 heterocycles. The lowest BCUT2D eigenvalue weighted by molar-refractivity contribution is 0.341. The lowest BCUT2D eigenvalue weighted by atomic mass is 10.1. The van der Waals surface area contributed by atoms with Crippen LogP contribution in [0.5, 0.6) is 0 Å². The quantitative estimate of drug-likeness (QED) is 0.703. The van der Waals surface area contributed by atoms with E-state index in [9.17, 15) is 0 Å². The topological polar surface area (TPSA) is 9.23 Å². The highest BCUT2D eigenvalue weighted by atomic mass is 79.9. The molecular weight excluding hydrogens is 216 g/mol. The number of hydrogen-bond donors (Lipinski definition) is 0. The van der Waals surface area contributed by atoms with E-state index in [0.717, 1.165) is 10.0 Å². The molecule has 0 amide bonds. The molecule has 0 spiro atoms. The summed E-state index contributed by atoms with van der Waals surface area (Å²) in [5.74, 6) is 0. The van der Waals surface area contributed by atoms with Crippen LogP contribution in [0.15, 0.2) is 28.9 Å². The summed E-state index contributed by atoms with van der Waals surface area (Å²) in [4.78, 5) is 0. The Balaban J connectivity index is 2.94. The van der Waals surface area contributed by atoms with E-state index in [2.05, 4.69) is 41.1 Å². The lowest BCUT2D eigenvalue weighted by Crippen LogP contribution is -1.78. The van der Waals surface area contributed by atoms with E-state index < -0.39 is 0 Å². The minimum absolute atomic E-state index is 1.09. The smallest absolute Gasteiger partial charge is 0.0830 e. The summed E-state index contributed by atoms with van der Waals surface area (Å²) in [5, 5.41) is 0. The van der Waals surface area contributed by atoms with Crippen molar-refractivity contribution in [1.29, 1.82) is 0 Å². The molecule has 2 heteroatoms. The van der Waals surface area contributed by atoms with Crippen LogP contribution in [0, 0.1) is 6.92 Å². The van der Waals surface area contributed by atoms with Crippen molar-refractivity contribution in [2.24, 2.45) is 0 Å². The van der Waals surface area contributed by atoms with E-state index >= 15 is 0 Å². The van der Waals surface area contributed by atoms with Crippen LogP contribution in [-0.4, -0.2) is 7.11 Å². The molecule has 0 saturated carbocycles. The molecule has 0 aliphatic heterocycles. The molecule has 0 N–H and O–H groups in total. The van der Waals surface area contributed by atoms with E-state index in [-0.39, 0.29) is 0 Å². The summed E-state index contributed by atoms with van der Waals surface area (Å²) in [6, 6.07) is 6.20. The van der Waals surface area contributed by atoms with Gasteiger partial charge in [0.05, 0.1) is 13.4 Å². The number of hydrogen-bond acceptors (Lipinski definition) is 1. The van der Waals surface area contributed by atoms with Gasteiger partial charge in [-0.3, -0.25) is 0 Å². The molecule has 0 unspecified atom stereocenters. The van der Waals surface area contributed by atoms with E-state index in [0.29, 0.717) is 0 Å². The highest BCUT2D eigenvalue weighted by Crippen LogP contribution is 2.19. The van der Waals surface area contributed by atoms with Gasteiger partial charge in [-0.1, -0.05) is 28.1 Å². The second kappa shape index (κ2) is 4.31. The van der Waals surface area contributed by atoms with E-state index in [1.807, 2.05) is 6.08 Å². The van der Waals surface area contributed by atoms with Gasteiger partial charge in [-0.15, -0.1) is 0 Å². The number of rotatable bonds is 2. The van der Waals surface area contributed by atoms with Gasteiger partial charge < -0.3 is 4.74 Å². The fraction of sp³-hybridized carbons (Fsp3) is 0.200. The Morgan fingerprint density at radius 2 is 2.17 bits per heavy atom.